The van der Waals surface area contributed by atoms with Gasteiger partial charge in [-0.1, -0.05) is 34.6 Å². The summed E-state index contributed by atoms with van der Waals surface area (Å²) in [5.41, 5.74) is 6.37. The normalized spacial score (nSPS) is 18.0. The first-order chi connectivity index (χ1) is 9.32. The maximum Gasteiger partial charge on any atom is 0.0566 e. The molecule has 3 heteroatoms. The van der Waals surface area contributed by atoms with Gasteiger partial charge in [-0.05, 0) is 36.3 Å². The molecular formula is C17H30N2S. The van der Waals surface area contributed by atoms with Crippen LogP contribution in [0.25, 0.3) is 0 Å². The number of nitrogens with zero attached hydrogens (tertiary/aromatic N) is 1. The van der Waals surface area contributed by atoms with Crippen LogP contribution in [-0.4, -0.2) is 24.0 Å². The molecule has 0 radical (unpaired) electrons. The average molecular weight is 295 g/mol. The van der Waals surface area contributed by atoms with E-state index in [1.54, 1.807) is 0 Å². The molecule has 0 bridgehead atoms. The molecule has 0 amide bonds. The molecule has 20 heavy (non-hydrogen) atoms. The molecule has 0 spiro atoms. The van der Waals surface area contributed by atoms with E-state index in [-0.39, 0.29) is 5.41 Å². The van der Waals surface area contributed by atoms with Crippen LogP contribution in [0, 0.1) is 5.92 Å². The van der Waals surface area contributed by atoms with Gasteiger partial charge in [0.25, 0.3) is 0 Å². The Morgan fingerprint density at radius 3 is 2.35 bits per heavy atom. The van der Waals surface area contributed by atoms with Gasteiger partial charge in [0.1, 0.15) is 0 Å². The summed E-state index contributed by atoms with van der Waals surface area (Å²) in [6.45, 7) is 13.4. The summed E-state index contributed by atoms with van der Waals surface area (Å²) in [6, 6.07) is 5.78. The number of rotatable bonds is 6. The summed E-state index contributed by atoms with van der Waals surface area (Å²) >= 11 is 1.95. The van der Waals surface area contributed by atoms with E-state index in [1.807, 2.05) is 11.3 Å². The lowest BCUT2D eigenvalue weighted by Crippen LogP contribution is -2.37. The number of thiophene rings is 1. The van der Waals surface area contributed by atoms with Gasteiger partial charge in [-0.3, -0.25) is 4.90 Å². The fraction of sp³-hybridized carbons (Fsp3) is 0.765. The Morgan fingerprint density at radius 1 is 1.30 bits per heavy atom. The third kappa shape index (κ3) is 3.84. The lowest BCUT2D eigenvalue weighted by molar-refractivity contribution is 0.172. The summed E-state index contributed by atoms with van der Waals surface area (Å²) in [6.07, 6.45) is 2.70. The molecule has 114 valence electrons. The molecule has 1 fully saturated rings. The largest absolute Gasteiger partial charge is 0.329 e. The van der Waals surface area contributed by atoms with E-state index in [4.69, 9.17) is 5.73 Å². The van der Waals surface area contributed by atoms with Crippen molar-refractivity contribution in [3.63, 3.8) is 0 Å². The van der Waals surface area contributed by atoms with Crippen LogP contribution in [0.1, 0.15) is 63.3 Å². The molecule has 2 N–H and O–H groups in total. The average Bonchev–Trinajstić information content (AvgIpc) is 3.05. The smallest absolute Gasteiger partial charge is 0.0566 e. The molecule has 1 aromatic rings. The van der Waals surface area contributed by atoms with E-state index in [0.29, 0.717) is 12.0 Å². The lowest BCUT2D eigenvalue weighted by Gasteiger charge is -2.32. The van der Waals surface area contributed by atoms with Crippen LogP contribution in [0.3, 0.4) is 0 Å². The van der Waals surface area contributed by atoms with Crippen molar-refractivity contribution in [3.05, 3.63) is 21.9 Å². The van der Waals surface area contributed by atoms with Gasteiger partial charge in [-0.15, -0.1) is 11.3 Å². The first-order valence-corrected chi connectivity index (χ1v) is 8.70. The minimum atomic E-state index is 0.241. The number of nitrogens with two attached hydrogens (primary N) is 1. The molecule has 0 aromatic carbocycles. The van der Waals surface area contributed by atoms with Crippen LogP contribution in [0.15, 0.2) is 12.1 Å². The quantitative estimate of drug-likeness (QED) is 0.853. The number of hydrogen-bond donors (Lipinski definition) is 1. The fourth-order valence-corrected chi connectivity index (χ4v) is 3.91. The fourth-order valence-electron chi connectivity index (χ4n) is 2.71. The van der Waals surface area contributed by atoms with Crippen LogP contribution in [0.2, 0.25) is 0 Å². The van der Waals surface area contributed by atoms with Crippen molar-refractivity contribution in [2.45, 2.75) is 65.0 Å². The highest BCUT2D eigenvalue weighted by Gasteiger charge is 2.35. The van der Waals surface area contributed by atoms with Gasteiger partial charge in [0.05, 0.1) is 6.04 Å². The number of hydrogen-bond acceptors (Lipinski definition) is 3. The van der Waals surface area contributed by atoms with E-state index in [2.05, 4.69) is 51.7 Å². The molecule has 1 heterocycles. The van der Waals surface area contributed by atoms with Crippen LogP contribution in [0.4, 0.5) is 0 Å². The lowest BCUT2D eigenvalue weighted by atomic mass is 9.95. The summed E-state index contributed by atoms with van der Waals surface area (Å²) in [7, 11) is 0. The van der Waals surface area contributed by atoms with E-state index < -0.39 is 0 Å². The Balaban J connectivity index is 2.19. The van der Waals surface area contributed by atoms with Gasteiger partial charge in [0, 0.05) is 28.9 Å². The second kappa shape index (κ2) is 6.17. The van der Waals surface area contributed by atoms with Crippen molar-refractivity contribution in [3.8, 4) is 0 Å². The molecule has 1 aromatic heterocycles. The highest BCUT2D eigenvalue weighted by molar-refractivity contribution is 7.12. The maximum absolute atomic E-state index is 6.13. The van der Waals surface area contributed by atoms with E-state index in [0.717, 1.165) is 19.1 Å². The van der Waals surface area contributed by atoms with Gasteiger partial charge < -0.3 is 5.73 Å². The van der Waals surface area contributed by atoms with Gasteiger partial charge in [0.15, 0.2) is 0 Å². The molecule has 2 rings (SSSR count). The SMILES string of the molecule is CC(C)CN(C1CC1)C(CN)c1ccc(C(C)(C)C)s1. The molecular weight excluding hydrogens is 264 g/mol. The van der Waals surface area contributed by atoms with Crippen molar-refractivity contribution in [2.75, 3.05) is 13.1 Å². The third-order valence-corrected chi connectivity index (χ3v) is 5.52. The van der Waals surface area contributed by atoms with Crippen LogP contribution < -0.4 is 5.73 Å². The summed E-state index contributed by atoms with van der Waals surface area (Å²) in [5.74, 6) is 0.701. The second-order valence-corrected chi connectivity index (χ2v) is 8.64. The first kappa shape index (κ1) is 16.0. The minimum Gasteiger partial charge on any atom is -0.329 e. The molecule has 0 saturated heterocycles. The second-order valence-electron chi connectivity index (χ2n) is 7.53. The van der Waals surface area contributed by atoms with Crippen molar-refractivity contribution >= 4 is 11.3 Å². The topological polar surface area (TPSA) is 29.3 Å². The van der Waals surface area contributed by atoms with Crippen LogP contribution in [-0.2, 0) is 5.41 Å². The van der Waals surface area contributed by atoms with Gasteiger partial charge in [-0.25, -0.2) is 0 Å². The molecule has 1 aliphatic carbocycles. The highest BCUT2D eigenvalue weighted by atomic mass is 32.1. The Bertz CT molecular complexity index is 426. The van der Waals surface area contributed by atoms with Crippen LogP contribution >= 0.6 is 11.3 Å². The van der Waals surface area contributed by atoms with Crippen molar-refractivity contribution in [1.29, 1.82) is 0 Å². The highest BCUT2D eigenvalue weighted by Crippen LogP contribution is 2.39. The van der Waals surface area contributed by atoms with Crippen molar-refractivity contribution < 1.29 is 0 Å². The van der Waals surface area contributed by atoms with Crippen molar-refractivity contribution in [1.82, 2.24) is 4.90 Å². The molecule has 1 atom stereocenters. The maximum atomic E-state index is 6.13. The standard InChI is InChI=1S/C17H30N2S/c1-12(2)11-19(13-6-7-13)14(10-18)15-8-9-16(20-15)17(3,4)5/h8-9,12-14H,6-7,10-11,18H2,1-5H3. The summed E-state index contributed by atoms with van der Waals surface area (Å²) < 4.78 is 0. The van der Waals surface area contributed by atoms with E-state index in [9.17, 15) is 0 Å². The minimum absolute atomic E-state index is 0.241. The zero-order chi connectivity index (χ0) is 14.9. The molecule has 0 aliphatic heterocycles. The molecule has 1 aliphatic rings. The van der Waals surface area contributed by atoms with Gasteiger partial charge in [0.2, 0.25) is 0 Å². The van der Waals surface area contributed by atoms with Crippen molar-refractivity contribution in [2.24, 2.45) is 11.7 Å². The Kier molecular flexibility index (Phi) is 4.93. The Hall–Kier alpha value is -0.380. The van der Waals surface area contributed by atoms with Gasteiger partial charge in [-0.2, -0.15) is 0 Å². The Labute approximate surface area is 128 Å². The predicted molar refractivity (Wildman–Crippen MR) is 89.4 cm³/mol. The predicted octanol–water partition coefficient (Wildman–Crippen LogP) is 4.17. The molecule has 2 nitrogen and oxygen atoms in total. The first-order valence-electron chi connectivity index (χ1n) is 7.89. The Morgan fingerprint density at radius 2 is 1.95 bits per heavy atom. The monoisotopic (exact) mass is 294 g/mol. The zero-order valence-corrected chi connectivity index (χ0v) is 14.5. The van der Waals surface area contributed by atoms with E-state index in [1.165, 1.54) is 22.6 Å². The zero-order valence-electron chi connectivity index (χ0n) is 13.6. The summed E-state index contributed by atoms with van der Waals surface area (Å²) in [5, 5.41) is 0. The van der Waals surface area contributed by atoms with Crippen LogP contribution in [0.5, 0.6) is 0 Å². The molecule has 1 unspecified atom stereocenters. The molecule has 1 saturated carbocycles. The van der Waals surface area contributed by atoms with E-state index >= 15 is 0 Å². The van der Waals surface area contributed by atoms with Gasteiger partial charge >= 0.3 is 0 Å². The third-order valence-electron chi connectivity index (χ3n) is 3.91. The summed E-state index contributed by atoms with van der Waals surface area (Å²) in [4.78, 5) is 5.57.